The topological polar surface area (TPSA) is 78.8 Å². The maximum atomic E-state index is 12.3. The number of piperazine rings is 1. The number of aromatic carboxylic acids is 1. The van der Waals surface area contributed by atoms with E-state index in [0.717, 1.165) is 31.1 Å². The van der Waals surface area contributed by atoms with Crippen LogP contribution in [0.15, 0.2) is 35.5 Å². The van der Waals surface area contributed by atoms with Crippen LogP contribution in [0.4, 0.5) is 5.82 Å². The minimum absolute atomic E-state index is 0.126. The van der Waals surface area contributed by atoms with Gasteiger partial charge in [0.1, 0.15) is 11.4 Å². The smallest absolute Gasteiger partial charge is 0.341 e. The average Bonchev–Trinajstić information content (AvgIpc) is 3.13. The van der Waals surface area contributed by atoms with Crippen molar-refractivity contribution in [2.24, 2.45) is 0 Å². The van der Waals surface area contributed by atoms with Crippen LogP contribution in [-0.4, -0.2) is 71.8 Å². The Labute approximate surface area is 227 Å². The van der Waals surface area contributed by atoms with E-state index < -0.39 is 14.3 Å². The quantitative estimate of drug-likeness (QED) is 0.229. The second kappa shape index (κ2) is 11.0. The van der Waals surface area contributed by atoms with Gasteiger partial charge >= 0.3 is 5.97 Å². The molecule has 0 aliphatic carbocycles. The summed E-state index contributed by atoms with van der Waals surface area (Å²) in [6.45, 7) is 14.6. The van der Waals surface area contributed by atoms with Crippen LogP contribution in [0.1, 0.15) is 62.7 Å². The molecule has 4 rings (SSSR count). The van der Waals surface area contributed by atoms with Crippen molar-refractivity contribution in [2.75, 3.05) is 24.2 Å². The van der Waals surface area contributed by atoms with E-state index in [2.05, 4.69) is 79.7 Å². The van der Waals surface area contributed by atoms with Crippen molar-refractivity contribution in [3.8, 4) is 0 Å². The van der Waals surface area contributed by atoms with Gasteiger partial charge in [-0.3, -0.25) is 4.90 Å². The number of aryl methyl sites for hydroxylation is 1. The number of nitrogens with zero attached hydrogens (tertiary/aromatic N) is 4. The van der Waals surface area contributed by atoms with Crippen molar-refractivity contribution in [1.29, 1.82) is 0 Å². The molecule has 0 saturated carbocycles. The summed E-state index contributed by atoms with van der Waals surface area (Å²) in [4.78, 5) is 26.3. The van der Waals surface area contributed by atoms with Crippen molar-refractivity contribution in [3.63, 3.8) is 0 Å². The van der Waals surface area contributed by atoms with E-state index in [1.807, 2.05) is 6.26 Å². The molecule has 0 radical (unpaired) electrons. The minimum atomic E-state index is -1.83. The van der Waals surface area contributed by atoms with E-state index in [-0.39, 0.29) is 29.3 Å². The Morgan fingerprint density at radius 3 is 2.35 bits per heavy atom. The molecule has 3 unspecified atom stereocenters. The van der Waals surface area contributed by atoms with Gasteiger partial charge in [0.25, 0.3) is 0 Å². The van der Waals surface area contributed by atoms with Gasteiger partial charge in [0.15, 0.2) is 13.5 Å². The summed E-state index contributed by atoms with van der Waals surface area (Å²) < 4.78 is 7.17. The standard InChI is InChI=1S/C28H42N4O3SSi/c1-8-37(9-2,10-3)35-23-16-21-17-31(25-24(26(33)34)19(4)29-27(30-25)36-7)18-22(23)32(21)28(5,6)20-14-12-11-13-15-20/h11-15,21-23H,8-10,16-18H2,1-7H3,(H,33,34). The van der Waals surface area contributed by atoms with E-state index in [9.17, 15) is 9.90 Å². The molecular formula is C28H42N4O3SSi. The molecule has 2 aliphatic rings. The molecule has 2 fully saturated rings. The molecule has 3 atom stereocenters. The zero-order valence-electron chi connectivity index (χ0n) is 23.3. The van der Waals surface area contributed by atoms with Crippen molar-refractivity contribution >= 4 is 31.9 Å². The van der Waals surface area contributed by atoms with Gasteiger partial charge in [0.05, 0.1) is 17.8 Å². The second-order valence-corrected chi connectivity index (χ2v) is 16.4. The highest BCUT2D eigenvalue weighted by Crippen LogP contribution is 2.45. The van der Waals surface area contributed by atoms with Gasteiger partial charge in [0, 0.05) is 24.7 Å². The molecule has 9 heteroatoms. The number of hydrogen-bond acceptors (Lipinski definition) is 7. The lowest BCUT2D eigenvalue weighted by Gasteiger charge is -2.50. The van der Waals surface area contributed by atoms with Crippen LogP contribution in [-0.2, 0) is 9.96 Å². The maximum Gasteiger partial charge on any atom is 0.341 e. The number of anilines is 1. The lowest BCUT2D eigenvalue weighted by Crippen LogP contribution is -2.62. The Kier molecular flexibility index (Phi) is 8.38. The second-order valence-electron chi connectivity index (χ2n) is 10.9. The first-order valence-corrected chi connectivity index (χ1v) is 17.3. The van der Waals surface area contributed by atoms with Crippen LogP contribution in [0, 0.1) is 6.92 Å². The van der Waals surface area contributed by atoms with Gasteiger partial charge in [0.2, 0.25) is 0 Å². The third-order valence-corrected chi connectivity index (χ3v) is 13.9. The Morgan fingerprint density at radius 1 is 1.14 bits per heavy atom. The number of fused-ring (bicyclic) bond motifs is 2. The first-order valence-electron chi connectivity index (χ1n) is 13.5. The van der Waals surface area contributed by atoms with Crippen LogP contribution in [0.3, 0.4) is 0 Å². The molecule has 37 heavy (non-hydrogen) atoms. The Morgan fingerprint density at radius 2 is 1.78 bits per heavy atom. The molecule has 2 saturated heterocycles. The van der Waals surface area contributed by atoms with Crippen LogP contribution in [0.2, 0.25) is 18.1 Å². The molecule has 1 N–H and O–H groups in total. The fourth-order valence-electron chi connectivity index (χ4n) is 6.50. The van der Waals surface area contributed by atoms with E-state index in [1.54, 1.807) is 6.92 Å². The van der Waals surface area contributed by atoms with Gasteiger partial charge in [-0.2, -0.15) is 0 Å². The first-order chi connectivity index (χ1) is 17.6. The molecule has 1 aromatic heterocycles. The summed E-state index contributed by atoms with van der Waals surface area (Å²) in [5.74, 6) is -0.427. The van der Waals surface area contributed by atoms with Gasteiger partial charge in [-0.05, 0) is 57.1 Å². The van der Waals surface area contributed by atoms with E-state index >= 15 is 0 Å². The molecule has 2 aliphatic heterocycles. The molecule has 202 valence electrons. The van der Waals surface area contributed by atoms with Crippen molar-refractivity contribution in [1.82, 2.24) is 14.9 Å². The summed E-state index contributed by atoms with van der Waals surface area (Å²) in [5, 5.41) is 10.7. The van der Waals surface area contributed by atoms with Crippen LogP contribution in [0.25, 0.3) is 0 Å². The van der Waals surface area contributed by atoms with Gasteiger partial charge in [-0.15, -0.1) is 0 Å². The number of rotatable bonds is 10. The number of carbonyl (C=O) groups is 1. The molecule has 0 spiro atoms. The summed E-state index contributed by atoms with van der Waals surface area (Å²) in [7, 11) is -1.83. The first kappa shape index (κ1) is 28.1. The van der Waals surface area contributed by atoms with Crippen LogP contribution >= 0.6 is 11.8 Å². The molecule has 1 aromatic carbocycles. The molecule has 7 nitrogen and oxygen atoms in total. The third-order valence-electron chi connectivity index (χ3n) is 8.73. The highest BCUT2D eigenvalue weighted by atomic mass is 32.2. The van der Waals surface area contributed by atoms with Gasteiger partial charge < -0.3 is 14.4 Å². The van der Waals surface area contributed by atoms with Crippen LogP contribution < -0.4 is 4.90 Å². The highest BCUT2D eigenvalue weighted by molar-refractivity contribution is 7.98. The van der Waals surface area contributed by atoms with Crippen molar-refractivity contribution in [3.05, 3.63) is 47.2 Å². The lowest BCUT2D eigenvalue weighted by molar-refractivity contribution is 0.0250. The molecule has 2 bridgehead atoms. The molecule has 0 amide bonds. The zero-order chi connectivity index (χ0) is 27.0. The normalized spacial score (nSPS) is 22.5. The highest BCUT2D eigenvalue weighted by Gasteiger charge is 2.54. The Balaban J connectivity index is 1.76. The number of carboxylic acid groups (broad SMARTS) is 1. The third kappa shape index (κ3) is 5.20. The predicted octanol–water partition coefficient (Wildman–Crippen LogP) is 5.79. The number of hydrogen-bond donors (Lipinski definition) is 1. The maximum absolute atomic E-state index is 12.3. The Hall–Kier alpha value is -1.94. The monoisotopic (exact) mass is 542 g/mol. The number of carboxylic acids is 1. The number of aromatic nitrogens is 2. The summed E-state index contributed by atoms with van der Waals surface area (Å²) in [5.41, 5.74) is 1.84. The SMILES string of the molecule is CC[Si](CC)(CC)OC1CC2CN(c3nc(SC)nc(C)c3C(=O)O)CC1N2C(C)(C)c1ccccc1. The Bertz CT molecular complexity index is 1100. The summed E-state index contributed by atoms with van der Waals surface area (Å²) >= 11 is 1.45. The van der Waals surface area contributed by atoms with E-state index in [1.165, 1.54) is 17.3 Å². The fourth-order valence-corrected chi connectivity index (χ4v) is 9.80. The van der Waals surface area contributed by atoms with Crippen molar-refractivity contribution in [2.45, 2.75) is 95.0 Å². The molecule has 3 heterocycles. The van der Waals surface area contributed by atoms with E-state index in [4.69, 9.17) is 9.41 Å². The molecular weight excluding hydrogens is 500 g/mol. The lowest BCUT2D eigenvalue weighted by atomic mass is 9.89. The van der Waals surface area contributed by atoms with Crippen LogP contribution in [0.5, 0.6) is 0 Å². The van der Waals surface area contributed by atoms with Gasteiger partial charge in [-0.1, -0.05) is 62.9 Å². The van der Waals surface area contributed by atoms with E-state index in [0.29, 0.717) is 23.2 Å². The zero-order valence-corrected chi connectivity index (χ0v) is 25.1. The number of benzene rings is 1. The predicted molar refractivity (Wildman–Crippen MR) is 153 cm³/mol. The summed E-state index contributed by atoms with van der Waals surface area (Å²) in [6, 6.07) is 14.4. The fraction of sp³-hybridized carbons (Fsp3) is 0.607. The number of thioether (sulfide) groups is 1. The summed E-state index contributed by atoms with van der Waals surface area (Å²) in [6.07, 6.45) is 3.01. The molecule has 2 aromatic rings. The largest absolute Gasteiger partial charge is 0.477 e. The minimum Gasteiger partial charge on any atom is -0.477 e. The van der Waals surface area contributed by atoms with Crippen molar-refractivity contribution < 1.29 is 14.3 Å². The average molecular weight is 543 g/mol. The van der Waals surface area contributed by atoms with Gasteiger partial charge in [-0.25, -0.2) is 14.8 Å².